The second kappa shape index (κ2) is 6.32. The lowest BCUT2D eigenvalue weighted by Gasteiger charge is -2.40. The molecule has 2 bridgehead atoms. The van der Waals surface area contributed by atoms with Gasteiger partial charge >= 0.3 is 0 Å². The molecule has 0 radical (unpaired) electrons. The van der Waals surface area contributed by atoms with Gasteiger partial charge in [0.2, 0.25) is 0 Å². The first-order chi connectivity index (χ1) is 11.6. The highest BCUT2D eigenvalue weighted by Crippen LogP contribution is 2.42. The molecule has 1 aromatic carbocycles. The number of fused-ring (bicyclic) bond motifs is 2. The smallest absolute Gasteiger partial charge is 0.135 e. The number of aromatic nitrogens is 3. The van der Waals surface area contributed by atoms with E-state index in [1.165, 1.54) is 31.2 Å². The molecular formula is C20H28N4. The number of rotatable bonds is 4. The molecule has 0 amide bonds. The number of benzene rings is 1. The molecule has 24 heavy (non-hydrogen) atoms. The van der Waals surface area contributed by atoms with Crippen LogP contribution in [0.25, 0.3) is 0 Å². The fourth-order valence-electron chi connectivity index (χ4n) is 4.74. The summed E-state index contributed by atoms with van der Waals surface area (Å²) in [6.45, 7) is 7.65. The van der Waals surface area contributed by atoms with Crippen molar-refractivity contribution >= 4 is 0 Å². The van der Waals surface area contributed by atoms with Crippen LogP contribution in [0.5, 0.6) is 0 Å². The van der Waals surface area contributed by atoms with Crippen molar-refractivity contribution in [1.82, 2.24) is 19.7 Å². The fraction of sp³-hybridized carbons (Fsp3) is 0.600. The zero-order valence-electron chi connectivity index (χ0n) is 15.0. The summed E-state index contributed by atoms with van der Waals surface area (Å²) in [5.41, 5.74) is 1.44. The Morgan fingerprint density at radius 2 is 1.67 bits per heavy atom. The summed E-state index contributed by atoms with van der Waals surface area (Å²) in [4.78, 5) is 2.75. The Bertz CT molecular complexity index is 677. The largest absolute Gasteiger partial charge is 0.312 e. The van der Waals surface area contributed by atoms with Gasteiger partial charge in [0.25, 0.3) is 0 Å². The lowest BCUT2D eigenvalue weighted by molar-refractivity contribution is 0.0973. The van der Waals surface area contributed by atoms with Crippen LogP contribution >= 0.6 is 0 Å². The monoisotopic (exact) mass is 324 g/mol. The second-order valence-corrected chi connectivity index (χ2v) is 7.80. The van der Waals surface area contributed by atoms with Crippen LogP contribution in [0, 0.1) is 6.92 Å². The zero-order chi connectivity index (χ0) is 16.7. The minimum Gasteiger partial charge on any atom is -0.312 e. The van der Waals surface area contributed by atoms with Crippen molar-refractivity contribution in [2.75, 3.05) is 0 Å². The summed E-state index contributed by atoms with van der Waals surface area (Å²) in [7, 11) is 0. The van der Waals surface area contributed by atoms with E-state index in [2.05, 4.69) is 70.8 Å². The summed E-state index contributed by atoms with van der Waals surface area (Å²) >= 11 is 0. The van der Waals surface area contributed by atoms with Gasteiger partial charge in [0.1, 0.15) is 11.6 Å². The molecule has 0 saturated carbocycles. The predicted molar refractivity (Wildman–Crippen MR) is 95.9 cm³/mol. The number of hydrogen-bond donors (Lipinski definition) is 0. The topological polar surface area (TPSA) is 34.0 Å². The van der Waals surface area contributed by atoms with Crippen LogP contribution < -0.4 is 0 Å². The van der Waals surface area contributed by atoms with Gasteiger partial charge in [0.15, 0.2) is 0 Å². The van der Waals surface area contributed by atoms with E-state index in [0.717, 1.165) is 18.2 Å². The summed E-state index contributed by atoms with van der Waals surface area (Å²) in [6.07, 6.45) is 5.15. The van der Waals surface area contributed by atoms with Crippen molar-refractivity contribution in [1.29, 1.82) is 0 Å². The van der Waals surface area contributed by atoms with Crippen molar-refractivity contribution in [3.05, 3.63) is 47.5 Å². The van der Waals surface area contributed by atoms with Crippen LogP contribution in [-0.2, 0) is 6.54 Å². The molecule has 2 aliphatic heterocycles. The molecule has 4 heteroatoms. The van der Waals surface area contributed by atoms with Crippen molar-refractivity contribution in [2.24, 2.45) is 0 Å². The SMILES string of the molecule is Cc1nnc(C(C)C)n1C1CC2CCC(C1)N2Cc1ccccc1. The molecule has 1 aromatic heterocycles. The lowest BCUT2D eigenvalue weighted by Crippen LogP contribution is -2.43. The van der Waals surface area contributed by atoms with Gasteiger partial charge in [-0.15, -0.1) is 10.2 Å². The normalized spacial score (nSPS) is 27.1. The molecule has 4 nitrogen and oxygen atoms in total. The van der Waals surface area contributed by atoms with E-state index in [4.69, 9.17) is 0 Å². The Balaban J connectivity index is 1.54. The van der Waals surface area contributed by atoms with Crippen LogP contribution in [0.15, 0.2) is 30.3 Å². The molecule has 0 N–H and O–H groups in total. The van der Waals surface area contributed by atoms with Gasteiger partial charge in [-0.25, -0.2) is 0 Å². The Kier molecular flexibility index (Phi) is 4.17. The van der Waals surface area contributed by atoms with Crippen LogP contribution in [-0.4, -0.2) is 31.7 Å². The van der Waals surface area contributed by atoms with E-state index < -0.39 is 0 Å². The van der Waals surface area contributed by atoms with Gasteiger partial charge in [-0.1, -0.05) is 44.2 Å². The van der Waals surface area contributed by atoms with Crippen LogP contribution in [0.3, 0.4) is 0 Å². The summed E-state index contributed by atoms with van der Waals surface area (Å²) in [5, 5.41) is 8.82. The number of hydrogen-bond acceptors (Lipinski definition) is 3. The maximum Gasteiger partial charge on any atom is 0.135 e. The average molecular weight is 324 g/mol. The molecule has 3 heterocycles. The molecular weight excluding hydrogens is 296 g/mol. The zero-order valence-corrected chi connectivity index (χ0v) is 15.0. The van der Waals surface area contributed by atoms with Crippen molar-refractivity contribution in [2.45, 2.75) is 77.0 Å². The minimum absolute atomic E-state index is 0.436. The molecule has 128 valence electrons. The third-order valence-corrected chi connectivity index (χ3v) is 5.84. The summed E-state index contributed by atoms with van der Waals surface area (Å²) in [6, 6.07) is 12.9. The highest BCUT2D eigenvalue weighted by Gasteiger charge is 2.42. The van der Waals surface area contributed by atoms with Crippen molar-refractivity contribution < 1.29 is 0 Å². The van der Waals surface area contributed by atoms with E-state index in [0.29, 0.717) is 24.0 Å². The van der Waals surface area contributed by atoms with Gasteiger partial charge in [-0.2, -0.15) is 0 Å². The first-order valence-corrected chi connectivity index (χ1v) is 9.34. The van der Waals surface area contributed by atoms with Crippen LogP contribution in [0.1, 0.15) is 68.7 Å². The molecule has 2 unspecified atom stereocenters. The first-order valence-electron chi connectivity index (χ1n) is 9.34. The van der Waals surface area contributed by atoms with E-state index in [1.54, 1.807) is 0 Å². The van der Waals surface area contributed by atoms with E-state index in [-0.39, 0.29) is 0 Å². The molecule has 2 aromatic rings. The van der Waals surface area contributed by atoms with Gasteiger partial charge < -0.3 is 4.57 Å². The minimum atomic E-state index is 0.436. The second-order valence-electron chi connectivity index (χ2n) is 7.80. The van der Waals surface area contributed by atoms with Crippen LogP contribution in [0.2, 0.25) is 0 Å². The van der Waals surface area contributed by atoms with Gasteiger partial charge in [0, 0.05) is 30.6 Å². The molecule has 0 aliphatic carbocycles. The highest BCUT2D eigenvalue weighted by atomic mass is 15.3. The Morgan fingerprint density at radius 3 is 2.29 bits per heavy atom. The molecule has 2 aliphatic rings. The van der Waals surface area contributed by atoms with Crippen molar-refractivity contribution in [3.8, 4) is 0 Å². The predicted octanol–water partition coefficient (Wildman–Crippen LogP) is 4.08. The molecule has 0 spiro atoms. The number of piperidine rings is 1. The third-order valence-electron chi connectivity index (χ3n) is 5.84. The molecule has 4 rings (SSSR count). The molecule has 2 saturated heterocycles. The number of aryl methyl sites for hydroxylation is 1. The fourth-order valence-corrected chi connectivity index (χ4v) is 4.74. The lowest BCUT2D eigenvalue weighted by atomic mass is 9.95. The van der Waals surface area contributed by atoms with Crippen LogP contribution in [0.4, 0.5) is 0 Å². The van der Waals surface area contributed by atoms with E-state index in [1.807, 2.05) is 0 Å². The highest BCUT2D eigenvalue weighted by molar-refractivity contribution is 5.16. The summed E-state index contributed by atoms with van der Waals surface area (Å²) < 4.78 is 2.44. The quantitative estimate of drug-likeness (QED) is 0.850. The average Bonchev–Trinajstić information content (AvgIpc) is 3.05. The van der Waals surface area contributed by atoms with Crippen molar-refractivity contribution in [3.63, 3.8) is 0 Å². The molecule has 2 fully saturated rings. The van der Waals surface area contributed by atoms with Gasteiger partial charge in [0.05, 0.1) is 0 Å². The molecule has 2 atom stereocenters. The maximum atomic E-state index is 4.45. The Labute approximate surface area is 144 Å². The van der Waals surface area contributed by atoms with Gasteiger partial charge in [-0.3, -0.25) is 4.90 Å². The Morgan fingerprint density at radius 1 is 1.00 bits per heavy atom. The Hall–Kier alpha value is -1.68. The van der Waals surface area contributed by atoms with E-state index in [9.17, 15) is 0 Å². The standard InChI is InChI=1S/C20H28N4/c1-14(2)20-22-21-15(3)24(20)19-11-17-9-10-18(12-19)23(17)13-16-7-5-4-6-8-16/h4-8,14,17-19H,9-13H2,1-3H3. The van der Waals surface area contributed by atoms with Gasteiger partial charge in [-0.05, 0) is 38.2 Å². The first kappa shape index (κ1) is 15.8. The van der Waals surface area contributed by atoms with E-state index >= 15 is 0 Å². The third kappa shape index (κ3) is 2.77. The maximum absolute atomic E-state index is 4.45. The summed E-state index contributed by atoms with van der Waals surface area (Å²) in [5.74, 6) is 2.68. The number of nitrogens with zero attached hydrogens (tertiary/aromatic N) is 4.